The lowest BCUT2D eigenvalue weighted by atomic mass is 9.95. The fourth-order valence-electron chi connectivity index (χ4n) is 1.76. The van der Waals surface area contributed by atoms with Crippen LogP contribution in [-0.2, 0) is 10.2 Å². The topological polar surface area (TPSA) is 37.3 Å². The summed E-state index contributed by atoms with van der Waals surface area (Å²) in [6.45, 7) is 0. The van der Waals surface area contributed by atoms with E-state index in [4.69, 9.17) is 28.3 Å². The summed E-state index contributed by atoms with van der Waals surface area (Å²) in [6.07, 6.45) is -0.741. The van der Waals surface area contributed by atoms with Crippen molar-refractivity contribution in [2.45, 2.75) is 17.8 Å². The molecule has 0 aliphatic heterocycles. The van der Waals surface area contributed by atoms with Gasteiger partial charge in [0.2, 0.25) is 0 Å². The molecule has 0 bridgehead atoms. The number of halogens is 4. The number of alkyl halides is 2. The monoisotopic (exact) mass is 266 g/mol. The molecule has 1 N–H and O–H groups in total. The van der Waals surface area contributed by atoms with E-state index in [-0.39, 0.29) is 15.6 Å². The SMILES string of the molecule is O=C(O)C1(c2cccc(Cl)c2Cl)CC1(F)F. The van der Waals surface area contributed by atoms with Crippen LogP contribution in [0.1, 0.15) is 12.0 Å². The van der Waals surface area contributed by atoms with Gasteiger partial charge in [0.15, 0.2) is 5.41 Å². The van der Waals surface area contributed by atoms with E-state index in [9.17, 15) is 13.6 Å². The minimum Gasteiger partial charge on any atom is -0.480 e. The van der Waals surface area contributed by atoms with Crippen molar-refractivity contribution >= 4 is 29.2 Å². The van der Waals surface area contributed by atoms with Gasteiger partial charge in [0.1, 0.15) is 0 Å². The molecule has 0 saturated heterocycles. The van der Waals surface area contributed by atoms with Crippen molar-refractivity contribution in [3.05, 3.63) is 33.8 Å². The molecule has 1 fully saturated rings. The second-order valence-electron chi connectivity index (χ2n) is 3.69. The first kappa shape index (κ1) is 11.6. The van der Waals surface area contributed by atoms with E-state index >= 15 is 0 Å². The van der Waals surface area contributed by atoms with E-state index in [0.29, 0.717) is 0 Å². The average molecular weight is 267 g/mol. The molecule has 0 aromatic heterocycles. The van der Waals surface area contributed by atoms with Crippen molar-refractivity contribution in [1.29, 1.82) is 0 Å². The van der Waals surface area contributed by atoms with Gasteiger partial charge in [-0.3, -0.25) is 4.79 Å². The summed E-state index contributed by atoms with van der Waals surface area (Å²) >= 11 is 11.4. The third-order valence-electron chi connectivity index (χ3n) is 2.76. The molecule has 1 aromatic carbocycles. The Morgan fingerprint density at radius 2 is 1.94 bits per heavy atom. The van der Waals surface area contributed by atoms with Crippen LogP contribution in [0.5, 0.6) is 0 Å². The second-order valence-corrected chi connectivity index (χ2v) is 4.48. The van der Waals surface area contributed by atoms with Gasteiger partial charge in [-0.2, -0.15) is 0 Å². The summed E-state index contributed by atoms with van der Waals surface area (Å²) in [6, 6.07) is 4.09. The van der Waals surface area contributed by atoms with E-state index in [0.717, 1.165) is 0 Å². The molecule has 0 radical (unpaired) electrons. The highest BCUT2D eigenvalue weighted by atomic mass is 35.5. The van der Waals surface area contributed by atoms with Crippen molar-refractivity contribution in [3.8, 4) is 0 Å². The van der Waals surface area contributed by atoms with Crippen molar-refractivity contribution in [2.75, 3.05) is 0 Å². The standard InChI is InChI=1S/C10H6Cl2F2O2/c11-6-3-1-2-5(7(6)12)9(8(15)16)4-10(9,13)14/h1-3H,4H2,(H,15,16). The predicted molar refractivity (Wildman–Crippen MR) is 55.3 cm³/mol. The predicted octanol–water partition coefficient (Wildman–Crippen LogP) is 3.35. The third kappa shape index (κ3) is 1.33. The van der Waals surface area contributed by atoms with Gasteiger partial charge in [-0.25, -0.2) is 8.78 Å². The first-order chi connectivity index (χ1) is 7.33. The molecule has 2 nitrogen and oxygen atoms in total. The summed E-state index contributed by atoms with van der Waals surface area (Å²) in [5.74, 6) is -4.85. The van der Waals surface area contributed by atoms with E-state index in [2.05, 4.69) is 0 Å². The van der Waals surface area contributed by atoms with E-state index in [1.165, 1.54) is 18.2 Å². The summed E-state index contributed by atoms with van der Waals surface area (Å²) in [4.78, 5) is 11.0. The molecule has 1 aliphatic carbocycles. The van der Waals surface area contributed by atoms with Crippen molar-refractivity contribution in [1.82, 2.24) is 0 Å². The van der Waals surface area contributed by atoms with Crippen LogP contribution in [-0.4, -0.2) is 17.0 Å². The number of carboxylic acid groups (broad SMARTS) is 1. The summed E-state index contributed by atoms with van der Waals surface area (Å²) in [5, 5.41) is 8.88. The molecular weight excluding hydrogens is 261 g/mol. The van der Waals surface area contributed by atoms with Gasteiger partial charge in [-0.1, -0.05) is 35.3 Å². The van der Waals surface area contributed by atoms with Gasteiger partial charge in [0.25, 0.3) is 5.92 Å². The Morgan fingerprint density at radius 3 is 2.38 bits per heavy atom. The first-order valence-electron chi connectivity index (χ1n) is 4.38. The Hall–Kier alpha value is -0.870. The molecule has 1 aromatic rings. The van der Waals surface area contributed by atoms with Crippen molar-refractivity contribution in [3.63, 3.8) is 0 Å². The molecule has 1 unspecified atom stereocenters. The van der Waals surface area contributed by atoms with Gasteiger partial charge in [0.05, 0.1) is 10.0 Å². The van der Waals surface area contributed by atoms with Crippen molar-refractivity contribution < 1.29 is 18.7 Å². The summed E-state index contributed by atoms with van der Waals surface area (Å²) in [5.41, 5.74) is -2.34. The van der Waals surface area contributed by atoms with E-state index in [1.54, 1.807) is 0 Å². The molecule has 6 heteroatoms. The lowest BCUT2D eigenvalue weighted by molar-refractivity contribution is -0.142. The molecule has 2 rings (SSSR count). The van der Waals surface area contributed by atoms with Gasteiger partial charge >= 0.3 is 5.97 Å². The van der Waals surface area contributed by atoms with Crippen LogP contribution in [0.25, 0.3) is 0 Å². The largest absolute Gasteiger partial charge is 0.480 e. The van der Waals surface area contributed by atoms with Gasteiger partial charge in [-0.05, 0) is 11.6 Å². The number of rotatable bonds is 2. The number of hydrogen-bond donors (Lipinski definition) is 1. The zero-order chi connectivity index (χ0) is 12.1. The number of aliphatic carboxylic acids is 1. The molecule has 1 atom stereocenters. The highest BCUT2D eigenvalue weighted by molar-refractivity contribution is 6.42. The number of carboxylic acids is 1. The zero-order valence-corrected chi connectivity index (χ0v) is 9.32. The van der Waals surface area contributed by atoms with Crippen LogP contribution in [0.2, 0.25) is 10.0 Å². The van der Waals surface area contributed by atoms with Crippen LogP contribution in [0.3, 0.4) is 0 Å². The molecule has 86 valence electrons. The minimum absolute atomic E-state index is 0.0718. The first-order valence-corrected chi connectivity index (χ1v) is 5.14. The number of carbonyl (C=O) groups is 1. The maximum absolute atomic E-state index is 13.2. The maximum Gasteiger partial charge on any atom is 0.320 e. The quantitative estimate of drug-likeness (QED) is 0.892. The van der Waals surface area contributed by atoms with Crippen LogP contribution in [0, 0.1) is 0 Å². The second kappa shape index (κ2) is 3.31. The normalized spacial score (nSPS) is 26.5. The van der Waals surface area contributed by atoms with Gasteiger partial charge < -0.3 is 5.11 Å². The molecule has 1 aliphatic rings. The number of hydrogen-bond acceptors (Lipinski definition) is 1. The van der Waals surface area contributed by atoms with Crippen LogP contribution in [0.4, 0.5) is 8.78 Å². The highest BCUT2D eigenvalue weighted by Crippen LogP contribution is 2.63. The molecular formula is C10H6Cl2F2O2. The van der Waals surface area contributed by atoms with Crippen molar-refractivity contribution in [2.24, 2.45) is 0 Å². The Morgan fingerprint density at radius 1 is 1.38 bits per heavy atom. The Bertz CT molecular complexity index is 476. The lowest BCUT2D eigenvalue weighted by Crippen LogP contribution is -2.27. The van der Waals surface area contributed by atoms with Crippen LogP contribution in [0.15, 0.2) is 18.2 Å². The fraction of sp³-hybridized carbons (Fsp3) is 0.300. The van der Waals surface area contributed by atoms with Crippen LogP contribution < -0.4 is 0 Å². The minimum atomic E-state index is -3.27. The zero-order valence-electron chi connectivity index (χ0n) is 7.81. The van der Waals surface area contributed by atoms with E-state index in [1.807, 2.05) is 0 Å². The molecule has 1 saturated carbocycles. The smallest absolute Gasteiger partial charge is 0.320 e. The Labute approximate surface area is 99.8 Å². The molecule has 0 spiro atoms. The lowest BCUT2D eigenvalue weighted by Gasteiger charge is -2.14. The molecule has 16 heavy (non-hydrogen) atoms. The number of benzene rings is 1. The maximum atomic E-state index is 13.2. The fourth-order valence-corrected chi connectivity index (χ4v) is 2.22. The van der Waals surface area contributed by atoms with E-state index < -0.39 is 23.7 Å². The van der Waals surface area contributed by atoms with Crippen LogP contribution >= 0.6 is 23.2 Å². The molecule has 0 amide bonds. The average Bonchev–Trinajstić information content (AvgIpc) is 2.75. The third-order valence-corrected chi connectivity index (χ3v) is 3.58. The highest BCUT2D eigenvalue weighted by Gasteiger charge is 2.77. The molecule has 0 heterocycles. The Kier molecular flexibility index (Phi) is 2.40. The summed E-state index contributed by atoms with van der Waals surface area (Å²) in [7, 11) is 0. The van der Waals surface area contributed by atoms with Gasteiger partial charge in [0, 0.05) is 6.42 Å². The summed E-state index contributed by atoms with van der Waals surface area (Å²) < 4.78 is 26.4. The van der Waals surface area contributed by atoms with Gasteiger partial charge in [-0.15, -0.1) is 0 Å². The Balaban J connectivity index is 2.60.